The van der Waals surface area contributed by atoms with Gasteiger partial charge in [-0.05, 0) is 84.1 Å². The lowest BCUT2D eigenvalue weighted by atomic mass is 9.99. The van der Waals surface area contributed by atoms with E-state index in [4.69, 9.17) is 4.74 Å². The maximum atomic E-state index is 13.9. The van der Waals surface area contributed by atoms with E-state index < -0.39 is 23.8 Å². The molecule has 192 valence electrons. The molecular weight excluding hydrogens is 454 g/mol. The second-order valence-corrected chi connectivity index (χ2v) is 10.6. The van der Waals surface area contributed by atoms with E-state index in [-0.39, 0.29) is 29.6 Å². The molecule has 0 aromatic heterocycles. The third kappa shape index (κ3) is 9.44. The fourth-order valence-corrected chi connectivity index (χ4v) is 3.89. The van der Waals surface area contributed by atoms with Crippen molar-refractivity contribution >= 4 is 29.7 Å². The average molecular weight is 496 g/mol. The maximum absolute atomic E-state index is 13.9. The Balaban J connectivity index is 3.48. The van der Waals surface area contributed by atoms with Crippen molar-refractivity contribution in [3.8, 4) is 5.75 Å². The normalized spacial score (nSPS) is 14.1. The minimum atomic E-state index is -0.978. The highest BCUT2D eigenvalue weighted by atomic mass is 32.2. The summed E-state index contributed by atoms with van der Waals surface area (Å²) in [7, 11) is 0. The molecule has 1 aromatic carbocycles. The van der Waals surface area contributed by atoms with Crippen molar-refractivity contribution in [1.29, 1.82) is 0 Å². The van der Waals surface area contributed by atoms with Crippen LogP contribution in [0.5, 0.6) is 5.75 Å². The highest BCUT2D eigenvalue weighted by Crippen LogP contribution is 2.29. The Bertz CT molecular complexity index is 825. The van der Waals surface area contributed by atoms with Crippen LogP contribution in [-0.2, 0) is 14.3 Å². The Morgan fingerprint density at radius 1 is 1.15 bits per heavy atom. The van der Waals surface area contributed by atoms with Gasteiger partial charge in [-0.15, -0.1) is 0 Å². The summed E-state index contributed by atoms with van der Waals surface area (Å²) in [6.45, 7) is 12.8. The second kappa shape index (κ2) is 13.5. The van der Waals surface area contributed by atoms with Gasteiger partial charge in [0, 0.05) is 12.1 Å². The van der Waals surface area contributed by atoms with Crippen molar-refractivity contribution in [1.82, 2.24) is 15.5 Å². The minimum absolute atomic E-state index is 0.00205. The van der Waals surface area contributed by atoms with E-state index in [1.165, 1.54) is 17.0 Å². The van der Waals surface area contributed by atoms with Crippen LogP contribution >= 0.6 is 11.8 Å². The fourth-order valence-electron chi connectivity index (χ4n) is 3.42. The van der Waals surface area contributed by atoms with E-state index in [2.05, 4.69) is 10.6 Å². The molecule has 0 heterocycles. The van der Waals surface area contributed by atoms with Crippen molar-refractivity contribution in [2.75, 3.05) is 12.0 Å². The number of nitrogens with one attached hydrogen (secondary N) is 2. The monoisotopic (exact) mass is 495 g/mol. The molecular formula is C25H41N3O5S. The van der Waals surface area contributed by atoms with E-state index in [0.717, 1.165) is 0 Å². The Morgan fingerprint density at radius 2 is 1.79 bits per heavy atom. The number of alkyl carbamates (subject to hydrolysis) is 1. The number of carbonyl (C=O) groups excluding carboxylic acids is 3. The molecule has 0 radical (unpaired) electrons. The number of hydrogen-bond acceptors (Lipinski definition) is 6. The number of ether oxygens (including phenoxy) is 1. The molecule has 0 aliphatic heterocycles. The summed E-state index contributed by atoms with van der Waals surface area (Å²) < 4.78 is 5.39. The fraction of sp³-hybridized carbons (Fsp3) is 0.640. The van der Waals surface area contributed by atoms with Crippen molar-refractivity contribution < 1.29 is 24.2 Å². The smallest absolute Gasteiger partial charge is 0.408 e. The zero-order valence-electron chi connectivity index (χ0n) is 21.7. The highest BCUT2D eigenvalue weighted by molar-refractivity contribution is 7.98. The van der Waals surface area contributed by atoms with Crippen LogP contribution in [0, 0.1) is 0 Å². The quantitative estimate of drug-likeness (QED) is 0.424. The number of nitrogens with zero attached hydrogens (tertiary/aromatic N) is 1. The van der Waals surface area contributed by atoms with Gasteiger partial charge in [-0.1, -0.05) is 19.1 Å². The van der Waals surface area contributed by atoms with E-state index in [1.54, 1.807) is 44.7 Å². The first kappa shape index (κ1) is 29.6. The zero-order valence-corrected chi connectivity index (χ0v) is 22.5. The predicted octanol–water partition coefficient (Wildman–Crippen LogP) is 4.23. The molecule has 0 aliphatic rings. The summed E-state index contributed by atoms with van der Waals surface area (Å²) in [6.07, 6.45) is 2.21. The van der Waals surface area contributed by atoms with Gasteiger partial charge in [-0.2, -0.15) is 11.8 Å². The van der Waals surface area contributed by atoms with E-state index >= 15 is 0 Å². The first-order valence-electron chi connectivity index (χ1n) is 11.7. The molecule has 0 fully saturated rings. The molecule has 9 heteroatoms. The molecule has 0 saturated heterocycles. The highest BCUT2D eigenvalue weighted by Gasteiger charge is 2.38. The van der Waals surface area contributed by atoms with Gasteiger partial charge in [0.2, 0.25) is 11.8 Å². The number of benzene rings is 1. The number of carbonyl (C=O) groups is 3. The molecule has 0 spiro atoms. The summed E-state index contributed by atoms with van der Waals surface area (Å²) in [5.74, 6) is -0.0888. The van der Waals surface area contributed by atoms with Gasteiger partial charge in [0.15, 0.2) is 0 Å². The molecule has 1 rings (SSSR count). The number of phenols is 1. The average Bonchev–Trinajstić information content (AvgIpc) is 2.71. The topological polar surface area (TPSA) is 108 Å². The molecule has 0 bridgehead atoms. The third-order valence-corrected chi connectivity index (χ3v) is 5.71. The van der Waals surface area contributed by atoms with E-state index in [0.29, 0.717) is 24.2 Å². The summed E-state index contributed by atoms with van der Waals surface area (Å²) in [5.41, 5.74) is -0.220. The second-order valence-electron chi connectivity index (χ2n) is 9.64. The molecule has 3 N–H and O–H groups in total. The summed E-state index contributed by atoms with van der Waals surface area (Å²) in [5, 5.41) is 15.7. The molecule has 3 atom stereocenters. The van der Waals surface area contributed by atoms with Crippen LogP contribution < -0.4 is 10.6 Å². The van der Waals surface area contributed by atoms with E-state index in [9.17, 15) is 19.5 Å². The van der Waals surface area contributed by atoms with Crippen molar-refractivity contribution in [2.45, 2.75) is 91.1 Å². The number of hydrogen-bond donors (Lipinski definition) is 3. The van der Waals surface area contributed by atoms with Gasteiger partial charge in [0.1, 0.15) is 23.4 Å². The Hall–Kier alpha value is -2.42. The predicted molar refractivity (Wildman–Crippen MR) is 137 cm³/mol. The van der Waals surface area contributed by atoms with Gasteiger partial charge in [0.25, 0.3) is 0 Å². The Morgan fingerprint density at radius 3 is 2.29 bits per heavy atom. The summed E-state index contributed by atoms with van der Waals surface area (Å²) in [6, 6.07) is 4.06. The first-order chi connectivity index (χ1) is 15.8. The SMILES string of the molecule is CCC(C)N(C(=O)C(CCSC)NC(=O)OC(C)(C)C)C(C(=O)NC(C)C)c1cccc(O)c1. The van der Waals surface area contributed by atoms with Crippen molar-refractivity contribution in [3.05, 3.63) is 29.8 Å². The van der Waals surface area contributed by atoms with Crippen LogP contribution in [0.1, 0.15) is 72.9 Å². The molecule has 34 heavy (non-hydrogen) atoms. The number of aromatic hydroxyl groups is 1. The van der Waals surface area contributed by atoms with Crippen LogP contribution in [-0.4, -0.2) is 63.6 Å². The van der Waals surface area contributed by atoms with Crippen molar-refractivity contribution in [2.24, 2.45) is 0 Å². The van der Waals surface area contributed by atoms with Crippen LogP contribution in [0.2, 0.25) is 0 Å². The molecule has 3 unspecified atom stereocenters. The number of thioether (sulfide) groups is 1. The van der Waals surface area contributed by atoms with Gasteiger partial charge >= 0.3 is 6.09 Å². The van der Waals surface area contributed by atoms with Gasteiger partial charge in [0.05, 0.1) is 0 Å². The molecule has 3 amide bonds. The third-order valence-electron chi connectivity index (χ3n) is 5.06. The van der Waals surface area contributed by atoms with Crippen LogP contribution in [0.25, 0.3) is 0 Å². The van der Waals surface area contributed by atoms with Crippen LogP contribution in [0.15, 0.2) is 24.3 Å². The lowest BCUT2D eigenvalue weighted by Gasteiger charge is -2.38. The number of amides is 3. The molecule has 0 saturated carbocycles. The zero-order chi connectivity index (χ0) is 26.1. The van der Waals surface area contributed by atoms with Crippen LogP contribution in [0.3, 0.4) is 0 Å². The molecule has 8 nitrogen and oxygen atoms in total. The lowest BCUT2D eigenvalue weighted by Crippen LogP contribution is -2.56. The largest absolute Gasteiger partial charge is 0.508 e. The van der Waals surface area contributed by atoms with E-state index in [1.807, 2.05) is 34.0 Å². The summed E-state index contributed by atoms with van der Waals surface area (Å²) >= 11 is 1.56. The number of rotatable bonds is 11. The van der Waals surface area contributed by atoms with Gasteiger partial charge in [-0.3, -0.25) is 9.59 Å². The molecule has 0 aliphatic carbocycles. The van der Waals surface area contributed by atoms with Gasteiger partial charge in [-0.25, -0.2) is 4.79 Å². The van der Waals surface area contributed by atoms with Gasteiger partial charge < -0.3 is 25.4 Å². The molecule has 1 aromatic rings. The maximum Gasteiger partial charge on any atom is 0.408 e. The summed E-state index contributed by atoms with van der Waals surface area (Å²) in [4.78, 5) is 41.4. The first-order valence-corrected chi connectivity index (χ1v) is 13.1. The van der Waals surface area contributed by atoms with Crippen LogP contribution in [0.4, 0.5) is 4.79 Å². The Kier molecular flexibility index (Phi) is 11.7. The number of phenolic OH excluding ortho intramolecular Hbond substituents is 1. The standard InChI is InChI=1S/C25H41N3O5S/c1-9-17(4)28(21(22(30)26-16(2)3)18-11-10-12-19(29)15-18)23(31)20(13-14-34-8)27-24(32)33-25(5,6)7/h10-12,15-17,20-21,29H,9,13-14H2,1-8H3,(H,26,30)(H,27,32). The minimum Gasteiger partial charge on any atom is -0.508 e. The van der Waals surface area contributed by atoms with Crippen molar-refractivity contribution in [3.63, 3.8) is 0 Å². The lowest BCUT2D eigenvalue weighted by molar-refractivity contribution is -0.145. The Labute approximate surface area is 208 Å².